The first kappa shape index (κ1) is 20.4. The summed E-state index contributed by atoms with van der Waals surface area (Å²) >= 11 is 0. The van der Waals surface area contributed by atoms with Gasteiger partial charge in [-0.3, -0.25) is 9.59 Å². The Bertz CT molecular complexity index is 1530. The Morgan fingerprint density at radius 3 is 1.79 bits per heavy atom. The van der Waals surface area contributed by atoms with Gasteiger partial charge in [0.05, 0.1) is 0 Å². The van der Waals surface area contributed by atoms with Crippen LogP contribution in [-0.4, -0.2) is 19.9 Å². The maximum absolute atomic E-state index is 12.3. The molecule has 0 aliphatic carbocycles. The third-order valence-corrected chi connectivity index (χ3v) is 5.31. The third kappa shape index (κ3) is 4.18. The number of nitrogens with zero attached hydrogens (tertiary/aromatic N) is 2. The molecule has 8 heteroatoms. The van der Waals surface area contributed by atoms with Gasteiger partial charge in [0, 0.05) is 68.5 Å². The molecule has 0 spiro atoms. The normalized spacial score (nSPS) is 11.1. The zero-order valence-electron chi connectivity index (χ0n) is 18.4. The number of rotatable bonds is 4. The fourth-order valence-corrected chi connectivity index (χ4v) is 3.88. The Labute approximate surface area is 188 Å². The molecule has 0 amide bonds. The van der Waals surface area contributed by atoms with E-state index in [1.165, 1.54) is 0 Å². The van der Waals surface area contributed by atoms with Crippen LogP contribution in [0.1, 0.15) is 17.1 Å². The Balaban J connectivity index is 1.45. The minimum atomic E-state index is -0.0427. The van der Waals surface area contributed by atoms with Crippen molar-refractivity contribution in [2.24, 2.45) is 0 Å². The first-order valence-electron chi connectivity index (χ1n) is 10.5. The molecule has 4 N–H and O–H groups in total. The van der Waals surface area contributed by atoms with Crippen LogP contribution in [0, 0.1) is 20.8 Å². The molecule has 3 heterocycles. The van der Waals surface area contributed by atoms with E-state index in [0.717, 1.165) is 33.8 Å². The van der Waals surface area contributed by atoms with Gasteiger partial charge in [-0.05, 0) is 57.2 Å². The number of pyridine rings is 2. The molecule has 0 aliphatic rings. The molecule has 5 rings (SSSR count). The highest BCUT2D eigenvalue weighted by Crippen LogP contribution is 2.22. The van der Waals surface area contributed by atoms with Crippen LogP contribution >= 0.6 is 0 Å². The highest BCUT2D eigenvalue weighted by molar-refractivity contribution is 5.84. The smallest absolute Gasteiger partial charge is 0.229 e. The zero-order valence-corrected chi connectivity index (χ0v) is 18.4. The lowest BCUT2D eigenvalue weighted by atomic mass is 10.1. The molecule has 0 radical (unpaired) electrons. The molecule has 0 aliphatic heterocycles. The van der Waals surface area contributed by atoms with Gasteiger partial charge in [-0.15, -0.1) is 0 Å². The summed E-state index contributed by atoms with van der Waals surface area (Å²) in [7, 11) is 0. The summed E-state index contributed by atoms with van der Waals surface area (Å²) in [5.41, 5.74) is 5.34. The molecule has 164 valence electrons. The molecular weight excluding hydrogens is 416 g/mol. The van der Waals surface area contributed by atoms with Crippen LogP contribution in [-0.2, 0) is 0 Å². The minimum absolute atomic E-state index is 0.0346. The summed E-state index contributed by atoms with van der Waals surface area (Å²) in [6, 6.07) is 16.0. The van der Waals surface area contributed by atoms with Crippen molar-refractivity contribution in [3.8, 4) is 0 Å². The van der Waals surface area contributed by atoms with Crippen LogP contribution in [0.25, 0.3) is 21.8 Å². The number of aryl methyl sites for hydroxylation is 3. The standard InChI is InChI=1S/C25H22N6O2/c1-13-8-22(32)18-11-16(4-6-20(18)26-13)29-24-10-15(3)28-25(31-24)30-17-5-7-21-19(12-17)23(33)9-14(2)27-21/h4-12H,1-3H3,(H,26,32)(H,27,33)(H2,28,29,30,31). The maximum Gasteiger partial charge on any atom is 0.229 e. The number of H-pyrrole nitrogens is 2. The first-order chi connectivity index (χ1) is 15.8. The van der Waals surface area contributed by atoms with E-state index in [1.807, 2.05) is 51.1 Å². The quantitative estimate of drug-likeness (QED) is 0.327. The van der Waals surface area contributed by atoms with Gasteiger partial charge in [0.1, 0.15) is 5.82 Å². The second-order valence-electron chi connectivity index (χ2n) is 8.12. The Kier molecular flexibility index (Phi) is 4.90. The van der Waals surface area contributed by atoms with Gasteiger partial charge in [-0.2, -0.15) is 4.98 Å². The largest absolute Gasteiger partial charge is 0.358 e. The number of hydrogen-bond acceptors (Lipinski definition) is 6. The van der Waals surface area contributed by atoms with Crippen molar-refractivity contribution >= 4 is 44.9 Å². The maximum atomic E-state index is 12.3. The lowest BCUT2D eigenvalue weighted by molar-refractivity contribution is 1.11. The van der Waals surface area contributed by atoms with Crippen molar-refractivity contribution < 1.29 is 0 Å². The van der Waals surface area contributed by atoms with Crippen molar-refractivity contribution in [1.82, 2.24) is 19.9 Å². The van der Waals surface area contributed by atoms with Gasteiger partial charge in [-0.1, -0.05) is 0 Å². The Hall–Kier alpha value is -4.46. The number of hydrogen-bond donors (Lipinski definition) is 4. The van der Waals surface area contributed by atoms with Gasteiger partial charge in [-0.25, -0.2) is 4.98 Å². The molecule has 0 saturated heterocycles. The van der Waals surface area contributed by atoms with E-state index >= 15 is 0 Å². The molecule has 0 fully saturated rings. The third-order valence-electron chi connectivity index (χ3n) is 5.31. The van der Waals surface area contributed by atoms with Crippen LogP contribution in [0.5, 0.6) is 0 Å². The predicted octanol–water partition coefficient (Wildman–Crippen LogP) is 4.57. The Morgan fingerprint density at radius 2 is 1.21 bits per heavy atom. The molecular formula is C25H22N6O2. The summed E-state index contributed by atoms with van der Waals surface area (Å²) in [4.78, 5) is 40.1. The molecule has 33 heavy (non-hydrogen) atoms. The number of benzene rings is 2. The van der Waals surface area contributed by atoms with Crippen molar-refractivity contribution in [3.05, 3.63) is 92.1 Å². The molecule has 0 bridgehead atoms. The Morgan fingerprint density at radius 1 is 0.667 bits per heavy atom. The molecule has 3 aromatic heterocycles. The van der Waals surface area contributed by atoms with Gasteiger partial charge in [0.15, 0.2) is 10.9 Å². The van der Waals surface area contributed by atoms with Gasteiger partial charge >= 0.3 is 0 Å². The summed E-state index contributed by atoms with van der Waals surface area (Å²) in [6.07, 6.45) is 0. The van der Waals surface area contributed by atoms with Crippen LogP contribution in [0.4, 0.5) is 23.1 Å². The summed E-state index contributed by atoms with van der Waals surface area (Å²) in [5, 5.41) is 7.62. The number of fused-ring (bicyclic) bond motifs is 2. The van der Waals surface area contributed by atoms with Gasteiger partial charge in [0.2, 0.25) is 5.95 Å². The average molecular weight is 438 g/mol. The summed E-state index contributed by atoms with van der Waals surface area (Å²) < 4.78 is 0. The summed E-state index contributed by atoms with van der Waals surface area (Å²) in [6.45, 7) is 5.59. The molecule has 2 aromatic carbocycles. The monoisotopic (exact) mass is 438 g/mol. The second-order valence-corrected chi connectivity index (χ2v) is 8.12. The van der Waals surface area contributed by atoms with Crippen LogP contribution in [0.2, 0.25) is 0 Å². The van der Waals surface area contributed by atoms with E-state index in [9.17, 15) is 9.59 Å². The van der Waals surface area contributed by atoms with Crippen LogP contribution in [0.3, 0.4) is 0 Å². The average Bonchev–Trinajstić information content (AvgIpc) is 2.74. The fourth-order valence-electron chi connectivity index (χ4n) is 3.88. The predicted molar refractivity (Wildman–Crippen MR) is 132 cm³/mol. The molecule has 0 saturated carbocycles. The van der Waals surface area contributed by atoms with Crippen molar-refractivity contribution in [3.63, 3.8) is 0 Å². The highest BCUT2D eigenvalue weighted by Gasteiger charge is 2.08. The zero-order chi connectivity index (χ0) is 23.1. The number of aromatic amines is 2. The molecule has 8 nitrogen and oxygen atoms in total. The van der Waals surface area contributed by atoms with Crippen LogP contribution in [0.15, 0.2) is 64.2 Å². The summed E-state index contributed by atoms with van der Waals surface area (Å²) in [5.74, 6) is 0.983. The first-order valence-corrected chi connectivity index (χ1v) is 10.5. The molecule has 0 atom stereocenters. The topological polar surface area (TPSA) is 116 Å². The fraction of sp³-hybridized carbons (Fsp3) is 0.120. The van der Waals surface area contributed by atoms with E-state index < -0.39 is 0 Å². The van der Waals surface area contributed by atoms with Gasteiger partial charge in [0.25, 0.3) is 0 Å². The highest BCUT2D eigenvalue weighted by atomic mass is 16.1. The van der Waals surface area contributed by atoms with E-state index in [0.29, 0.717) is 28.2 Å². The number of aromatic nitrogens is 4. The van der Waals surface area contributed by atoms with Gasteiger partial charge < -0.3 is 20.6 Å². The number of anilines is 4. The van der Waals surface area contributed by atoms with Crippen molar-refractivity contribution in [2.45, 2.75) is 20.8 Å². The van der Waals surface area contributed by atoms with Crippen molar-refractivity contribution in [2.75, 3.05) is 10.6 Å². The van der Waals surface area contributed by atoms with Crippen molar-refractivity contribution in [1.29, 1.82) is 0 Å². The lowest BCUT2D eigenvalue weighted by Crippen LogP contribution is -2.06. The van der Waals surface area contributed by atoms with Crippen LogP contribution < -0.4 is 21.5 Å². The molecule has 0 unspecified atom stereocenters. The lowest BCUT2D eigenvalue weighted by Gasteiger charge is -2.11. The minimum Gasteiger partial charge on any atom is -0.358 e. The number of nitrogens with one attached hydrogen (secondary N) is 4. The SMILES string of the molecule is Cc1cc(Nc2ccc3[nH]c(C)cc(=O)c3c2)nc(Nc2ccc3[nH]c(C)cc(=O)c3c2)n1. The van der Waals surface area contributed by atoms with E-state index in [1.54, 1.807) is 24.3 Å². The van der Waals surface area contributed by atoms with E-state index in [-0.39, 0.29) is 10.9 Å². The van der Waals surface area contributed by atoms with E-state index in [4.69, 9.17) is 0 Å². The second kappa shape index (κ2) is 7.90. The molecule has 5 aromatic rings. The van der Waals surface area contributed by atoms with E-state index in [2.05, 4.69) is 30.6 Å².